The van der Waals surface area contributed by atoms with E-state index in [-0.39, 0.29) is 30.6 Å². The molecule has 5 nitrogen and oxygen atoms in total. The molecule has 0 spiro atoms. The van der Waals surface area contributed by atoms with Crippen LogP contribution in [0.4, 0.5) is 5.69 Å². The fourth-order valence-electron chi connectivity index (χ4n) is 2.36. The highest BCUT2D eigenvalue weighted by molar-refractivity contribution is 6.31. The van der Waals surface area contributed by atoms with Gasteiger partial charge in [-0.15, -0.1) is 0 Å². The number of benzene rings is 2. The number of nitrogens with one attached hydrogen (secondary N) is 2. The molecule has 2 rings (SSSR count). The first kappa shape index (κ1) is 19.9. The summed E-state index contributed by atoms with van der Waals surface area (Å²) in [4.78, 5) is 23.9. The second-order valence-electron chi connectivity index (χ2n) is 6.20. The third-order valence-electron chi connectivity index (χ3n) is 3.69. The van der Waals surface area contributed by atoms with E-state index < -0.39 is 0 Å². The lowest BCUT2D eigenvalue weighted by Crippen LogP contribution is -2.30. The van der Waals surface area contributed by atoms with Gasteiger partial charge in [-0.25, -0.2) is 4.79 Å². The van der Waals surface area contributed by atoms with Crippen LogP contribution < -0.4 is 10.6 Å². The van der Waals surface area contributed by atoms with E-state index in [4.69, 9.17) is 16.3 Å². The van der Waals surface area contributed by atoms with Crippen molar-refractivity contribution >= 4 is 29.2 Å². The molecule has 0 aliphatic rings. The Labute approximate surface area is 158 Å². The van der Waals surface area contributed by atoms with Crippen molar-refractivity contribution < 1.29 is 14.3 Å². The molecule has 0 aromatic heterocycles. The van der Waals surface area contributed by atoms with Crippen molar-refractivity contribution in [1.29, 1.82) is 0 Å². The van der Waals surface area contributed by atoms with Crippen molar-refractivity contribution in [1.82, 2.24) is 5.32 Å². The largest absolute Gasteiger partial charge is 0.459 e. The molecule has 0 saturated carbocycles. The molecule has 0 fully saturated rings. The minimum atomic E-state index is -0.381. The van der Waals surface area contributed by atoms with Crippen LogP contribution in [0.5, 0.6) is 0 Å². The van der Waals surface area contributed by atoms with Crippen LogP contribution in [0.3, 0.4) is 0 Å². The number of halogens is 1. The predicted octanol–water partition coefficient (Wildman–Crippen LogP) is 4.19. The Balaban J connectivity index is 1.86. The van der Waals surface area contributed by atoms with E-state index in [1.165, 1.54) is 0 Å². The lowest BCUT2D eigenvalue weighted by Gasteiger charge is -2.15. The first-order valence-electron chi connectivity index (χ1n) is 8.45. The zero-order chi connectivity index (χ0) is 19.1. The highest BCUT2D eigenvalue weighted by Gasteiger charge is 2.12. The fraction of sp³-hybridized carbons (Fsp3) is 0.300. The number of ether oxygens (including phenoxy) is 1. The molecule has 1 unspecified atom stereocenters. The van der Waals surface area contributed by atoms with Crippen LogP contribution in [-0.4, -0.2) is 24.5 Å². The van der Waals surface area contributed by atoms with E-state index in [1.807, 2.05) is 31.2 Å². The first-order chi connectivity index (χ1) is 12.4. The molecule has 0 saturated heterocycles. The molecule has 6 heteroatoms. The van der Waals surface area contributed by atoms with Gasteiger partial charge in [-0.3, -0.25) is 4.79 Å². The van der Waals surface area contributed by atoms with E-state index >= 15 is 0 Å². The lowest BCUT2D eigenvalue weighted by atomic mass is 10.1. The maximum Gasteiger partial charge on any atom is 0.338 e. The lowest BCUT2D eigenvalue weighted by molar-refractivity contribution is -0.115. The van der Waals surface area contributed by atoms with Crippen molar-refractivity contribution in [2.24, 2.45) is 0 Å². The quantitative estimate of drug-likeness (QED) is 0.713. The molecule has 1 atom stereocenters. The van der Waals surface area contributed by atoms with Crippen LogP contribution in [0.15, 0.2) is 48.5 Å². The molecule has 2 N–H and O–H groups in total. The van der Waals surface area contributed by atoms with Crippen LogP contribution in [0.2, 0.25) is 5.02 Å². The summed E-state index contributed by atoms with van der Waals surface area (Å²) in [6.45, 7) is 5.68. The third-order valence-corrected chi connectivity index (χ3v) is 4.03. The highest BCUT2D eigenvalue weighted by atomic mass is 35.5. The van der Waals surface area contributed by atoms with E-state index in [1.54, 1.807) is 38.1 Å². The summed E-state index contributed by atoms with van der Waals surface area (Å²) in [5.41, 5.74) is 2.00. The van der Waals surface area contributed by atoms with Gasteiger partial charge in [0.25, 0.3) is 0 Å². The van der Waals surface area contributed by atoms with Crippen molar-refractivity contribution in [3.05, 3.63) is 64.7 Å². The van der Waals surface area contributed by atoms with Crippen molar-refractivity contribution in [2.45, 2.75) is 32.9 Å². The second-order valence-corrected chi connectivity index (χ2v) is 6.61. The average molecular weight is 375 g/mol. The van der Waals surface area contributed by atoms with E-state index in [9.17, 15) is 9.59 Å². The number of amides is 1. The maximum atomic E-state index is 12.1. The van der Waals surface area contributed by atoms with Crippen LogP contribution in [-0.2, 0) is 9.53 Å². The molecule has 26 heavy (non-hydrogen) atoms. The third kappa shape index (κ3) is 5.86. The molecule has 1 amide bonds. The van der Waals surface area contributed by atoms with Crippen LogP contribution >= 0.6 is 11.6 Å². The Morgan fingerprint density at radius 1 is 1.04 bits per heavy atom. The molecule has 0 radical (unpaired) electrons. The summed E-state index contributed by atoms with van der Waals surface area (Å²) in [5.74, 6) is -0.561. The Bertz CT molecular complexity index is 760. The van der Waals surface area contributed by atoms with E-state index in [2.05, 4.69) is 10.6 Å². The molecule has 0 aliphatic carbocycles. The molecule has 138 valence electrons. The number of hydrogen-bond donors (Lipinski definition) is 2. The van der Waals surface area contributed by atoms with E-state index in [0.29, 0.717) is 16.3 Å². The second kappa shape index (κ2) is 9.36. The van der Waals surface area contributed by atoms with Gasteiger partial charge in [0.1, 0.15) is 0 Å². The summed E-state index contributed by atoms with van der Waals surface area (Å²) in [5, 5.41) is 6.59. The van der Waals surface area contributed by atoms with Gasteiger partial charge < -0.3 is 15.4 Å². The van der Waals surface area contributed by atoms with Gasteiger partial charge in [0.15, 0.2) is 0 Å². The van der Waals surface area contributed by atoms with Gasteiger partial charge in [-0.1, -0.05) is 29.8 Å². The van der Waals surface area contributed by atoms with Crippen molar-refractivity contribution in [2.75, 3.05) is 11.9 Å². The number of rotatable bonds is 7. The molecular formula is C20H23ClN2O3. The van der Waals surface area contributed by atoms with Crippen molar-refractivity contribution in [3.8, 4) is 0 Å². The van der Waals surface area contributed by atoms with E-state index in [0.717, 1.165) is 5.56 Å². The molecule has 2 aromatic carbocycles. The zero-order valence-electron chi connectivity index (χ0n) is 15.1. The maximum absolute atomic E-state index is 12.1. The van der Waals surface area contributed by atoms with Crippen LogP contribution in [0.25, 0.3) is 0 Å². The smallest absolute Gasteiger partial charge is 0.338 e. The Hall–Kier alpha value is -2.37. The van der Waals surface area contributed by atoms with Gasteiger partial charge in [0.05, 0.1) is 18.2 Å². The Kier molecular flexibility index (Phi) is 7.18. The number of hydrogen-bond acceptors (Lipinski definition) is 4. The van der Waals surface area contributed by atoms with Gasteiger partial charge in [-0.05, 0) is 56.7 Å². The zero-order valence-corrected chi connectivity index (χ0v) is 15.8. The Morgan fingerprint density at radius 2 is 1.69 bits per heavy atom. The fourth-order valence-corrected chi connectivity index (χ4v) is 2.66. The summed E-state index contributed by atoms with van der Waals surface area (Å²) in [6.07, 6.45) is -0.173. The molecule has 2 aromatic rings. The van der Waals surface area contributed by atoms with Crippen LogP contribution in [0, 0.1) is 0 Å². The van der Waals surface area contributed by atoms with Gasteiger partial charge in [0, 0.05) is 16.8 Å². The number of esters is 1. The molecule has 0 heterocycles. The van der Waals surface area contributed by atoms with Gasteiger partial charge >= 0.3 is 5.97 Å². The van der Waals surface area contributed by atoms with Crippen LogP contribution in [0.1, 0.15) is 42.7 Å². The monoisotopic (exact) mass is 374 g/mol. The summed E-state index contributed by atoms with van der Waals surface area (Å²) in [7, 11) is 0. The average Bonchev–Trinajstić information content (AvgIpc) is 2.60. The summed E-state index contributed by atoms with van der Waals surface area (Å²) in [6, 6.07) is 14.1. The number of carbonyl (C=O) groups excluding carboxylic acids is 2. The summed E-state index contributed by atoms with van der Waals surface area (Å²) >= 11 is 6.16. The topological polar surface area (TPSA) is 67.4 Å². The van der Waals surface area contributed by atoms with Crippen molar-refractivity contribution in [3.63, 3.8) is 0 Å². The summed E-state index contributed by atoms with van der Waals surface area (Å²) < 4.78 is 5.13. The molecule has 0 aliphatic heterocycles. The number of carbonyl (C=O) groups is 2. The number of anilines is 1. The van der Waals surface area contributed by atoms with Gasteiger partial charge in [0.2, 0.25) is 5.91 Å². The van der Waals surface area contributed by atoms with Gasteiger partial charge in [-0.2, -0.15) is 0 Å². The first-order valence-corrected chi connectivity index (χ1v) is 8.83. The Morgan fingerprint density at radius 3 is 2.31 bits per heavy atom. The predicted molar refractivity (Wildman–Crippen MR) is 103 cm³/mol. The highest BCUT2D eigenvalue weighted by Crippen LogP contribution is 2.21. The normalized spacial score (nSPS) is 11.9. The minimum absolute atomic E-state index is 0.0531. The molecule has 0 bridgehead atoms. The standard InChI is InChI=1S/C20H23ClN2O3/c1-13(2)26-20(25)15-8-10-16(11-9-15)23-19(24)12-22-14(3)17-6-4-5-7-18(17)21/h4-11,13-14,22H,12H2,1-3H3,(H,23,24). The minimum Gasteiger partial charge on any atom is -0.459 e. The molecular weight excluding hydrogens is 352 g/mol. The SMILES string of the molecule is CC(C)OC(=O)c1ccc(NC(=O)CNC(C)c2ccccc2Cl)cc1.